The molecular weight excluding hydrogens is 204 g/mol. The summed E-state index contributed by atoms with van der Waals surface area (Å²) in [5.41, 5.74) is 7.18. The summed E-state index contributed by atoms with van der Waals surface area (Å²) in [4.78, 5) is 3.96. The molecule has 0 saturated carbocycles. The zero-order valence-electron chi connectivity index (χ0n) is 9.48. The van der Waals surface area contributed by atoms with E-state index < -0.39 is 0 Å². The fraction of sp³-hybridized carbons (Fsp3) is 0.500. The largest absolute Gasteiger partial charge is 0.326 e. The van der Waals surface area contributed by atoms with Gasteiger partial charge in [-0.1, -0.05) is 6.92 Å². The van der Waals surface area contributed by atoms with Crippen molar-refractivity contribution in [3.8, 4) is 0 Å². The molecule has 2 rings (SSSR count). The lowest BCUT2D eigenvalue weighted by Gasteiger charge is -2.21. The van der Waals surface area contributed by atoms with Crippen LogP contribution in [-0.4, -0.2) is 30.6 Å². The number of aryl methyl sites for hydroxylation is 1. The van der Waals surface area contributed by atoms with Gasteiger partial charge in [0.1, 0.15) is 12.7 Å². The van der Waals surface area contributed by atoms with E-state index in [4.69, 9.17) is 5.73 Å². The maximum atomic E-state index is 6.12. The van der Waals surface area contributed by atoms with Gasteiger partial charge in [0.2, 0.25) is 0 Å². The van der Waals surface area contributed by atoms with Gasteiger partial charge in [-0.05, 0) is 6.42 Å². The van der Waals surface area contributed by atoms with Crippen LogP contribution in [0.25, 0.3) is 0 Å². The van der Waals surface area contributed by atoms with Crippen LogP contribution in [0.4, 0.5) is 0 Å². The number of nitrogens with two attached hydrogens (primary N) is 1. The molecule has 2 atom stereocenters. The van der Waals surface area contributed by atoms with Gasteiger partial charge in [0.15, 0.2) is 0 Å². The van der Waals surface area contributed by atoms with Crippen LogP contribution in [-0.2, 0) is 7.05 Å². The third kappa shape index (κ3) is 1.96. The lowest BCUT2D eigenvalue weighted by Crippen LogP contribution is -2.32. The SMILES string of the molecule is CCC(N)C(c1cnn(C)c1)n1cncn1. The van der Waals surface area contributed by atoms with Crippen LogP contribution in [0.1, 0.15) is 24.9 Å². The molecule has 0 amide bonds. The first kappa shape index (κ1) is 10.8. The van der Waals surface area contributed by atoms with Crippen molar-refractivity contribution in [3.63, 3.8) is 0 Å². The van der Waals surface area contributed by atoms with E-state index >= 15 is 0 Å². The molecule has 0 radical (unpaired) electrons. The van der Waals surface area contributed by atoms with E-state index in [1.807, 2.05) is 19.4 Å². The molecule has 2 heterocycles. The van der Waals surface area contributed by atoms with Crippen LogP contribution >= 0.6 is 0 Å². The molecule has 6 nitrogen and oxygen atoms in total. The van der Waals surface area contributed by atoms with Crippen LogP contribution in [0, 0.1) is 0 Å². The summed E-state index contributed by atoms with van der Waals surface area (Å²) in [5.74, 6) is 0. The van der Waals surface area contributed by atoms with Gasteiger partial charge in [-0.25, -0.2) is 9.67 Å². The van der Waals surface area contributed by atoms with Gasteiger partial charge in [0, 0.05) is 24.8 Å². The standard InChI is InChI=1S/C10H16N6/c1-3-9(11)10(16-7-12-6-14-16)8-4-13-15(2)5-8/h4-7,9-10H,3,11H2,1-2H3. The highest BCUT2D eigenvalue weighted by Gasteiger charge is 2.22. The van der Waals surface area contributed by atoms with Gasteiger partial charge in [-0.15, -0.1) is 0 Å². The van der Waals surface area contributed by atoms with Gasteiger partial charge < -0.3 is 5.73 Å². The highest BCUT2D eigenvalue weighted by atomic mass is 15.3. The Labute approximate surface area is 94.1 Å². The Bertz CT molecular complexity index is 432. The highest BCUT2D eigenvalue weighted by Crippen LogP contribution is 2.20. The first-order valence-electron chi connectivity index (χ1n) is 5.30. The van der Waals surface area contributed by atoms with E-state index in [0.29, 0.717) is 0 Å². The number of hydrogen-bond donors (Lipinski definition) is 1. The molecule has 6 heteroatoms. The maximum absolute atomic E-state index is 6.12. The molecule has 2 aromatic rings. The number of aromatic nitrogens is 5. The predicted octanol–water partition coefficient (Wildman–Crippen LogP) is 0.338. The van der Waals surface area contributed by atoms with Crippen molar-refractivity contribution in [1.82, 2.24) is 24.5 Å². The molecule has 0 bridgehead atoms. The topological polar surface area (TPSA) is 74.5 Å². The first-order chi connectivity index (χ1) is 7.72. The minimum atomic E-state index is 0.00111. The molecule has 0 spiro atoms. The molecule has 16 heavy (non-hydrogen) atoms. The van der Waals surface area contributed by atoms with Gasteiger partial charge in [0.25, 0.3) is 0 Å². The zero-order chi connectivity index (χ0) is 11.5. The lowest BCUT2D eigenvalue weighted by atomic mass is 10.0. The first-order valence-corrected chi connectivity index (χ1v) is 5.30. The second kappa shape index (κ2) is 4.44. The molecular formula is C10H16N6. The fourth-order valence-corrected chi connectivity index (χ4v) is 1.77. The summed E-state index contributed by atoms with van der Waals surface area (Å²) >= 11 is 0. The number of hydrogen-bond acceptors (Lipinski definition) is 4. The van der Waals surface area contributed by atoms with Crippen molar-refractivity contribution in [2.24, 2.45) is 12.8 Å². The second-order valence-corrected chi connectivity index (χ2v) is 3.84. The number of rotatable bonds is 4. The van der Waals surface area contributed by atoms with Gasteiger partial charge in [0.05, 0.1) is 12.2 Å². The molecule has 86 valence electrons. The lowest BCUT2D eigenvalue weighted by molar-refractivity contribution is 0.423. The Balaban J connectivity index is 2.35. The van der Waals surface area contributed by atoms with Crippen LogP contribution in [0.5, 0.6) is 0 Å². The van der Waals surface area contributed by atoms with Crippen LogP contribution in [0.2, 0.25) is 0 Å². The highest BCUT2D eigenvalue weighted by molar-refractivity contribution is 5.13. The monoisotopic (exact) mass is 220 g/mol. The van der Waals surface area contributed by atoms with E-state index in [-0.39, 0.29) is 12.1 Å². The Morgan fingerprint density at radius 2 is 2.25 bits per heavy atom. The van der Waals surface area contributed by atoms with Crippen molar-refractivity contribution >= 4 is 0 Å². The quantitative estimate of drug-likeness (QED) is 0.806. The van der Waals surface area contributed by atoms with Gasteiger partial charge in [-0.3, -0.25) is 4.68 Å². The van der Waals surface area contributed by atoms with Crippen LogP contribution < -0.4 is 5.73 Å². The summed E-state index contributed by atoms with van der Waals surface area (Å²) < 4.78 is 3.55. The van der Waals surface area contributed by atoms with E-state index in [1.165, 1.54) is 6.33 Å². The van der Waals surface area contributed by atoms with Crippen LogP contribution in [0.15, 0.2) is 25.0 Å². The summed E-state index contributed by atoms with van der Waals surface area (Å²) in [6.45, 7) is 2.06. The van der Waals surface area contributed by atoms with E-state index in [1.54, 1.807) is 15.7 Å². The molecule has 0 aromatic carbocycles. The fourth-order valence-electron chi connectivity index (χ4n) is 1.77. The molecule has 0 saturated heterocycles. The van der Waals surface area contributed by atoms with Crippen molar-refractivity contribution in [1.29, 1.82) is 0 Å². The molecule has 0 fully saturated rings. The molecule has 2 N–H and O–H groups in total. The van der Waals surface area contributed by atoms with E-state index in [2.05, 4.69) is 22.1 Å². The molecule has 2 unspecified atom stereocenters. The Kier molecular flexibility index (Phi) is 3.00. The third-order valence-electron chi connectivity index (χ3n) is 2.66. The zero-order valence-corrected chi connectivity index (χ0v) is 9.48. The molecule has 0 aliphatic rings. The minimum absolute atomic E-state index is 0.00111. The van der Waals surface area contributed by atoms with Crippen molar-refractivity contribution in [2.75, 3.05) is 0 Å². The summed E-state index contributed by atoms with van der Waals surface area (Å²) in [6, 6.07) is 0.00657. The predicted molar refractivity (Wildman–Crippen MR) is 59.6 cm³/mol. The Hall–Kier alpha value is -1.69. The summed E-state index contributed by atoms with van der Waals surface area (Å²) in [7, 11) is 1.89. The second-order valence-electron chi connectivity index (χ2n) is 3.84. The van der Waals surface area contributed by atoms with Crippen molar-refractivity contribution in [3.05, 3.63) is 30.6 Å². The van der Waals surface area contributed by atoms with E-state index in [9.17, 15) is 0 Å². The summed E-state index contributed by atoms with van der Waals surface area (Å²) in [5, 5.41) is 8.32. The average molecular weight is 220 g/mol. The smallest absolute Gasteiger partial charge is 0.137 e. The average Bonchev–Trinajstić information content (AvgIpc) is 2.91. The minimum Gasteiger partial charge on any atom is -0.326 e. The maximum Gasteiger partial charge on any atom is 0.137 e. The Morgan fingerprint density at radius 3 is 2.75 bits per heavy atom. The normalized spacial score (nSPS) is 14.9. The van der Waals surface area contributed by atoms with Gasteiger partial charge >= 0.3 is 0 Å². The third-order valence-corrected chi connectivity index (χ3v) is 2.66. The van der Waals surface area contributed by atoms with E-state index in [0.717, 1.165) is 12.0 Å². The van der Waals surface area contributed by atoms with Crippen LogP contribution in [0.3, 0.4) is 0 Å². The summed E-state index contributed by atoms with van der Waals surface area (Å²) in [6.07, 6.45) is 7.86. The van der Waals surface area contributed by atoms with Gasteiger partial charge in [-0.2, -0.15) is 10.2 Å². The molecule has 0 aliphatic carbocycles. The Morgan fingerprint density at radius 1 is 1.44 bits per heavy atom. The molecule has 0 aliphatic heterocycles. The molecule has 2 aromatic heterocycles. The van der Waals surface area contributed by atoms with Crippen molar-refractivity contribution < 1.29 is 0 Å². The number of nitrogens with zero attached hydrogens (tertiary/aromatic N) is 5. The van der Waals surface area contributed by atoms with Crippen molar-refractivity contribution in [2.45, 2.75) is 25.4 Å².